The quantitative estimate of drug-likeness (QED) is 0.238. The second-order valence-corrected chi connectivity index (χ2v) is 9.85. The van der Waals surface area contributed by atoms with Crippen LogP contribution in [-0.4, -0.2) is 45.5 Å². The summed E-state index contributed by atoms with van der Waals surface area (Å²) in [5, 5.41) is 9.49. The van der Waals surface area contributed by atoms with Gasteiger partial charge in [-0.3, -0.25) is 4.79 Å². The van der Waals surface area contributed by atoms with Gasteiger partial charge in [0, 0.05) is 46.8 Å². The van der Waals surface area contributed by atoms with E-state index in [9.17, 15) is 4.79 Å². The number of amides is 1. The number of fused-ring (bicyclic) bond motifs is 1. The number of carbonyl (C=O) groups excluding carboxylic acids is 1. The highest BCUT2D eigenvalue weighted by Crippen LogP contribution is 2.30. The van der Waals surface area contributed by atoms with E-state index in [1.807, 2.05) is 30.3 Å². The van der Waals surface area contributed by atoms with E-state index in [1.54, 1.807) is 40.9 Å². The number of nitrogens with one attached hydrogen (secondary N) is 1. The Morgan fingerprint density at radius 1 is 1.12 bits per heavy atom. The zero-order chi connectivity index (χ0) is 24.2. The van der Waals surface area contributed by atoms with Gasteiger partial charge in [0.25, 0.3) is 0 Å². The van der Waals surface area contributed by atoms with Crippen LogP contribution in [0.4, 0.5) is 5.82 Å². The zero-order valence-electron chi connectivity index (χ0n) is 18.2. The lowest BCUT2D eigenvalue weighted by molar-refractivity contribution is -0.129. The predicted octanol–water partition coefficient (Wildman–Crippen LogP) is 6.62. The summed E-state index contributed by atoms with van der Waals surface area (Å²) in [5.41, 5.74) is 3.03. The number of likely N-dealkylation sites (N-methyl/N-ethyl adjacent to an activating group) is 1. The number of hydrogen-bond acceptors (Lipinski definition) is 4. The van der Waals surface area contributed by atoms with Crippen molar-refractivity contribution in [1.29, 1.82) is 0 Å². The molecule has 2 heterocycles. The summed E-state index contributed by atoms with van der Waals surface area (Å²) in [7, 11) is 1.79. The predicted molar refractivity (Wildman–Crippen MR) is 142 cm³/mol. The molecule has 0 saturated heterocycles. The summed E-state index contributed by atoms with van der Waals surface area (Å²) in [6, 6.07) is 14.7. The molecule has 0 atom stereocenters. The lowest BCUT2D eigenvalue weighted by Crippen LogP contribution is -2.30. The Kier molecular flexibility index (Phi) is 7.99. The van der Waals surface area contributed by atoms with Crippen LogP contribution >= 0.6 is 50.7 Å². The molecule has 0 aliphatic heterocycles. The van der Waals surface area contributed by atoms with Crippen LogP contribution in [0.15, 0.2) is 59.2 Å². The van der Waals surface area contributed by atoms with Crippen molar-refractivity contribution in [3.8, 4) is 11.3 Å². The Bertz CT molecular complexity index is 1340. The van der Waals surface area contributed by atoms with Gasteiger partial charge in [-0.05, 0) is 46.1 Å². The van der Waals surface area contributed by atoms with E-state index in [1.165, 1.54) is 0 Å². The normalized spacial score (nSPS) is 11.1. The number of halogens is 4. The van der Waals surface area contributed by atoms with Crippen molar-refractivity contribution in [3.63, 3.8) is 0 Å². The number of carbonyl (C=O) groups is 1. The molecule has 0 radical (unpaired) electrons. The summed E-state index contributed by atoms with van der Waals surface area (Å²) < 4.78 is 2.53. The monoisotopic (exact) mass is 579 g/mol. The fourth-order valence-electron chi connectivity index (χ4n) is 3.49. The minimum absolute atomic E-state index is 0.00691. The van der Waals surface area contributed by atoms with Crippen LogP contribution in [0.3, 0.4) is 0 Å². The standard InChI is InChI=1S/C24H21BrCl3N5O/c1-32(23(34)11-15-7-8-16(26)12-20(15)28)10-4-9-29-22-13-21(17-5-2-3-6-19(17)27)31-24-18(25)14-30-33(22)24/h2-3,5-8,12-14,29H,4,9-11H2,1H3. The lowest BCUT2D eigenvalue weighted by atomic mass is 10.1. The molecule has 6 nitrogen and oxygen atoms in total. The van der Waals surface area contributed by atoms with Crippen LogP contribution < -0.4 is 5.32 Å². The molecule has 0 unspecified atom stereocenters. The number of benzene rings is 2. The molecule has 4 aromatic rings. The molecule has 1 amide bonds. The Morgan fingerprint density at radius 3 is 2.68 bits per heavy atom. The number of hydrogen-bond donors (Lipinski definition) is 1. The van der Waals surface area contributed by atoms with Gasteiger partial charge in [0.05, 0.1) is 22.8 Å². The molecule has 0 fully saturated rings. The van der Waals surface area contributed by atoms with Crippen molar-refractivity contribution in [1.82, 2.24) is 19.5 Å². The van der Waals surface area contributed by atoms with Crippen LogP contribution in [0.2, 0.25) is 15.1 Å². The van der Waals surface area contributed by atoms with Crippen LogP contribution in [-0.2, 0) is 11.2 Å². The first kappa shape index (κ1) is 24.8. The Hall–Kier alpha value is -2.32. The third-order valence-corrected chi connectivity index (χ3v) is 6.81. The second kappa shape index (κ2) is 11.0. The second-order valence-electron chi connectivity index (χ2n) is 7.74. The molecule has 1 N–H and O–H groups in total. The van der Waals surface area contributed by atoms with Gasteiger partial charge in [-0.1, -0.05) is 59.1 Å². The van der Waals surface area contributed by atoms with E-state index in [4.69, 9.17) is 39.8 Å². The largest absolute Gasteiger partial charge is 0.370 e. The zero-order valence-corrected chi connectivity index (χ0v) is 22.1. The molecule has 0 spiro atoms. The van der Waals surface area contributed by atoms with Crippen molar-refractivity contribution >= 4 is 68.1 Å². The molecule has 0 bridgehead atoms. The highest BCUT2D eigenvalue weighted by molar-refractivity contribution is 9.10. The van der Waals surface area contributed by atoms with E-state index >= 15 is 0 Å². The van der Waals surface area contributed by atoms with Crippen LogP contribution in [0, 0.1) is 0 Å². The summed E-state index contributed by atoms with van der Waals surface area (Å²) in [6.45, 7) is 1.23. The smallest absolute Gasteiger partial charge is 0.226 e. The summed E-state index contributed by atoms with van der Waals surface area (Å²) in [5.74, 6) is 0.778. The van der Waals surface area contributed by atoms with Gasteiger partial charge in [0.1, 0.15) is 5.82 Å². The van der Waals surface area contributed by atoms with Crippen LogP contribution in [0.25, 0.3) is 16.9 Å². The summed E-state index contributed by atoms with van der Waals surface area (Å²) in [4.78, 5) is 19.0. The Balaban J connectivity index is 1.40. The van der Waals surface area contributed by atoms with Crippen molar-refractivity contribution in [3.05, 3.63) is 79.8 Å². The third-order valence-electron chi connectivity index (χ3n) is 5.34. The van der Waals surface area contributed by atoms with E-state index in [0.717, 1.165) is 33.5 Å². The van der Waals surface area contributed by atoms with Crippen LogP contribution in [0.1, 0.15) is 12.0 Å². The van der Waals surface area contributed by atoms with Gasteiger partial charge in [0.2, 0.25) is 5.91 Å². The Labute approximate surface area is 221 Å². The van der Waals surface area contributed by atoms with Crippen molar-refractivity contribution in [2.24, 2.45) is 0 Å². The fraction of sp³-hybridized carbons (Fsp3) is 0.208. The highest BCUT2D eigenvalue weighted by atomic mass is 79.9. The first-order valence-corrected chi connectivity index (χ1v) is 12.5. The van der Waals surface area contributed by atoms with Gasteiger partial charge in [-0.25, -0.2) is 4.98 Å². The van der Waals surface area contributed by atoms with Crippen molar-refractivity contribution in [2.75, 3.05) is 25.5 Å². The molecule has 0 aliphatic rings. The maximum atomic E-state index is 12.6. The summed E-state index contributed by atoms with van der Waals surface area (Å²) >= 11 is 22.0. The van der Waals surface area contributed by atoms with Crippen LogP contribution in [0.5, 0.6) is 0 Å². The first-order chi connectivity index (χ1) is 16.3. The number of rotatable bonds is 8. The third kappa shape index (κ3) is 5.66. The number of aromatic nitrogens is 3. The van der Waals surface area contributed by atoms with E-state index in [0.29, 0.717) is 33.8 Å². The average Bonchev–Trinajstić information content (AvgIpc) is 3.19. The topological polar surface area (TPSA) is 62.5 Å². The highest BCUT2D eigenvalue weighted by Gasteiger charge is 2.14. The molecule has 10 heteroatoms. The van der Waals surface area contributed by atoms with Gasteiger partial charge < -0.3 is 10.2 Å². The van der Waals surface area contributed by atoms with E-state index in [2.05, 4.69) is 26.3 Å². The first-order valence-electron chi connectivity index (χ1n) is 10.5. The molecule has 2 aromatic carbocycles. The molecule has 176 valence electrons. The van der Waals surface area contributed by atoms with Gasteiger partial charge in [0.15, 0.2) is 5.65 Å². The minimum Gasteiger partial charge on any atom is -0.370 e. The molecular formula is C24H21BrCl3N5O. The molecule has 0 saturated carbocycles. The SMILES string of the molecule is CN(CCCNc1cc(-c2ccccc2Cl)nc2c(Br)cnn12)C(=O)Cc1ccc(Cl)cc1Cl. The number of nitrogens with zero attached hydrogens (tertiary/aromatic N) is 4. The Morgan fingerprint density at radius 2 is 1.91 bits per heavy atom. The van der Waals surface area contributed by atoms with Gasteiger partial charge in [-0.2, -0.15) is 9.61 Å². The maximum Gasteiger partial charge on any atom is 0.226 e. The van der Waals surface area contributed by atoms with E-state index < -0.39 is 0 Å². The molecule has 34 heavy (non-hydrogen) atoms. The lowest BCUT2D eigenvalue weighted by Gasteiger charge is -2.18. The van der Waals surface area contributed by atoms with E-state index in [-0.39, 0.29) is 12.3 Å². The minimum atomic E-state index is -0.00691. The maximum absolute atomic E-state index is 12.6. The van der Waals surface area contributed by atoms with Crippen molar-refractivity contribution < 1.29 is 4.79 Å². The van der Waals surface area contributed by atoms with Gasteiger partial charge in [-0.15, -0.1) is 0 Å². The number of anilines is 1. The molecule has 4 rings (SSSR count). The van der Waals surface area contributed by atoms with Crippen molar-refractivity contribution in [2.45, 2.75) is 12.8 Å². The molecular weight excluding hydrogens is 561 g/mol. The summed E-state index contributed by atoms with van der Waals surface area (Å²) in [6.07, 6.45) is 2.68. The molecule has 0 aliphatic carbocycles. The fourth-order valence-corrected chi connectivity index (χ4v) is 4.55. The van der Waals surface area contributed by atoms with Gasteiger partial charge >= 0.3 is 0 Å². The average molecular weight is 582 g/mol. The molecule has 2 aromatic heterocycles.